The van der Waals surface area contributed by atoms with Crippen molar-refractivity contribution in [2.75, 3.05) is 40.4 Å². The summed E-state index contributed by atoms with van der Waals surface area (Å²) in [5.41, 5.74) is 0. The molecule has 0 aliphatic carbocycles. The Labute approximate surface area is 139 Å². The second-order valence-corrected chi connectivity index (χ2v) is 6.07. The number of hydrogen-bond acceptors (Lipinski definition) is 4. The van der Waals surface area contributed by atoms with Crippen molar-refractivity contribution in [3.05, 3.63) is 24.3 Å². The predicted octanol–water partition coefficient (Wildman–Crippen LogP) is 2.41. The molecule has 1 unspecified atom stereocenters. The zero-order valence-electron chi connectivity index (χ0n) is 14.5. The Morgan fingerprint density at radius 1 is 1.30 bits per heavy atom. The van der Waals surface area contributed by atoms with Crippen LogP contribution in [0, 0.1) is 0 Å². The van der Waals surface area contributed by atoms with E-state index in [-0.39, 0.29) is 11.9 Å². The van der Waals surface area contributed by atoms with Gasteiger partial charge in [0.05, 0.1) is 19.8 Å². The molecule has 5 heteroatoms. The summed E-state index contributed by atoms with van der Waals surface area (Å²) < 4.78 is 10.9. The van der Waals surface area contributed by atoms with Crippen molar-refractivity contribution in [1.29, 1.82) is 0 Å². The Hall–Kier alpha value is -1.75. The lowest BCUT2D eigenvalue weighted by atomic mass is 10.2. The second-order valence-electron chi connectivity index (χ2n) is 6.07. The van der Waals surface area contributed by atoms with Gasteiger partial charge in [-0.3, -0.25) is 9.69 Å². The normalized spacial score (nSPS) is 15.7. The molecule has 0 saturated carbocycles. The Morgan fingerprint density at radius 2 is 2.00 bits per heavy atom. The zero-order chi connectivity index (χ0) is 16.7. The number of methoxy groups -OCH3 is 1. The minimum Gasteiger partial charge on any atom is -0.497 e. The molecule has 5 nitrogen and oxygen atoms in total. The Kier molecular flexibility index (Phi) is 6.71. The van der Waals surface area contributed by atoms with Crippen LogP contribution in [0.2, 0.25) is 0 Å². The van der Waals surface area contributed by atoms with E-state index < -0.39 is 0 Å². The largest absolute Gasteiger partial charge is 0.497 e. The average Bonchev–Trinajstić information content (AvgIpc) is 3.12. The summed E-state index contributed by atoms with van der Waals surface area (Å²) in [6.07, 6.45) is 3.15. The summed E-state index contributed by atoms with van der Waals surface area (Å²) in [4.78, 5) is 16.4. The monoisotopic (exact) mass is 320 g/mol. The molecule has 1 aliphatic rings. The Morgan fingerprint density at radius 3 is 2.70 bits per heavy atom. The first-order valence-electron chi connectivity index (χ1n) is 8.37. The highest BCUT2D eigenvalue weighted by Gasteiger charge is 2.25. The third-order valence-corrected chi connectivity index (χ3v) is 4.40. The first-order chi connectivity index (χ1) is 11.1. The minimum absolute atomic E-state index is 0.0649. The number of amides is 1. The van der Waals surface area contributed by atoms with E-state index in [0.717, 1.165) is 50.4 Å². The van der Waals surface area contributed by atoms with Crippen molar-refractivity contribution in [2.24, 2.45) is 0 Å². The maximum absolute atomic E-state index is 12.4. The summed E-state index contributed by atoms with van der Waals surface area (Å²) in [5.74, 6) is 1.86. The number of likely N-dealkylation sites (N-methyl/N-ethyl adjacent to an activating group) is 1. The van der Waals surface area contributed by atoms with Gasteiger partial charge < -0.3 is 14.4 Å². The lowest BCUT2D eigenvalue weighted by Crippen LogP contribution is -2.45. The van der Waals surface area contributed by atoms with Gasteiger partial charge in [0.25, 0.3) is 0 Å². The van der Waals surface area contributed by atoms with Gasteiger partial charge in [0.15, 0.2) is 0 Å². The van der Waals surface area contributed by atoms with Crippen LogP contribution in [0.25, 0.3) is 0 Å². The fraction of sp³-hybridized carbons (Fsp3) is 0.611. The molecule has 128 valence electrons. The number of carbonyl (C=O) groups excluding carboxylic acids is 1. The van der Waals surface area contributed by atoms with Crippen molar-refractivity contribution in [2.45, 2.75) is 32.2 Å². The molecule has 1 amide bonds. The van der Waals surface area contributed by atoms with Gasteiger partial charge in [-0.2, -0.15) is 0 Å². The van der Waals surface area contributed by atoms with Crippen molar-refractivity contribution < 1.29 is 14.3 Å². The molecule has 1 saturated heterocycles. The van der Waals surface area contributed by atoms with Crippen molar-refractivity contribution in [3.8, 4) is 11.5 Å². The third-order valence-electron chi connectivity index (χ3n) is 4.40. The maximum Gasteiger partial charge on any atom is 0.239 e. The van der Waals surface area contributed by atoms with E-state index in [1.807, 2.05) is 43.1 Å². The molecular formula is C18H28N2O3. The van der Waals surface area contributed by atoms with E-state index in [9.17, 15) is 4.79 Å². The minimum atomic E-state index is -0.0649. The van der Waals surface area contributed by atoms with E-state index in [1.54, 1.807) is 7.11 Å². The summed E-state index contributed by atoms with van der Waals surface area (Å²) >= 11 is 0. The summed E-state index contributed by atoms with van der Waals surface area (Å²) in [5, 5.41) is 0. The molecular weight excluding hydrogens is 292 g/mol. The first kappa shape index (κ1) is 17.6. The van der Waals surface area contributed by atoms with Gasteiger partial charge in [0.1, 0.15) is 11.5 Å². The van der Waals surface area contributed by atoms with Crippen LogP contribution in [-0.4, -0.2) is 62.1 Å². The molecule has 1 aromatic carbocycles. The molecule has 0 aromatic heterocycles. The summed E-state index contributed by atoms with van der Waals surface area (Å²) in [7, 11) is 3.65. The highest BCUT2D eigenvalue weighted by atomic mass is 16.5. The van der Waals surface area contributed by atoms with Gasteiger partial charge in [-0.05, 0) is 45.4 Å². The van der Waals surface area contributed by atoms with Crippen LogP contribution in [0.15, 0.2) is 24.3 Å². The van der Waals surface area contributed by atoms with Crippen LogP contribution in [0.5, 0.6) is 11.5 Å². The number of nitrogens with zero attached hydrogens (tertiary/aromatic N) is 2. The van der Waals surface area contributed by atoms with Gasteiger partial charge in [0, 0.05) is 25.7 Å². The molecule has 0 N–H and O–H groups in total. The SMILES string of the molecule is COc1cccc(OCCCN(C)C(C)C(=O)N2CCCC2)c1. The quantitative estimate of drug-likeness (QED) is 0.690. The van der Waals surface area contributed by atoms with Crippen LogP contribution in [-0.2, 0) is 4.79 Å². The fourth-order valence-electron chi connectivity index (χ4n) is 2.78. The van der Waals surface area contributed by atoms with Crippen LogP contribution >= 0.6 is 0 Å². The topological polar surface area (TPSA) is 42.0 Å². The van der Waals surface area contributed by atoms with E-state index in [4.69, 9.17) is 9.47 Å². The van der Waals surface area contributed by atoms with Crippen molar-refractivity contribution in [1.82, 2.24) is 9.80 Å². The maximum atomic E-state index is 12.4. The van der Waals surface area contributed by atoms with Gasteiger partial charge in [0.2, 0.25) is 5.91 Å². The highest BCUT2D eigenvalue weighted by molar-refractivity contribution is 5.81. The number of likely N-dealkylation sites (tertiary alicyclic amines) is 1. The molecule has 1 heterocycles. The van der Waals surface area contributed by atoms with Crippen molar-refractivity contribution in [3.63, 3.8) is 0 Å². The predicted molar refractivity (Wildman–Crippen MR) is 91.0 cm³/mol. The van der Waals surface area contributed by atoms with E-state index in [1.165, 1.54) is 0 Å². The molecule has 0 radical (unpaired) electrons. The third kappa shape index (κ3) is 5.13. The van der Waals surface area contributed by atoms with E-state index in [0.29, 0.717) is 6.61 Å². The Balaban J connectivity index is 1.69. The molecule has 1 fully saturated rings. The summed E-state index contributed by atoms with van der Waals surface area (Å²) in [6, 6.07) is 7.54. The van der Waals surface area contributed by atoms with Crippen LogP contribution in [0.3, 0.4) is 0 Å². The average molecular weight is 320 g/mol. The lowest BCUT2D eigenvalue weighted by Gasteiger charge is -2.27. The number of rotatable bonds is 8. The van der Waals surface area contributed by atoms with Gasteiger partial charge in [-0.15, -0.1) is 0 Å². The van der Waals surface area contributed by atoms with Crippen molar-refractivity contribution >= 4 is 5.91 Å². The molecule has 2 rings (SSSR count). The smallest absolute Gasteiger partial charge is 0.239 e. The Bertz CT molecular complexity index is 501. The van der Waals surface area contributed by atoms with Gasteiger partial charge in [-0.1, -0.05) is 6.07 Å². The molecule has 1 aliphatic heterocycles. The van der Waals surface area contributed by atoms with Crippen LogP contribution in [0.4, 0.5) is 0 Å². The molecule has 23 heavy (non-hydrogen) atoms. The zero-order valence-corrected chi connectivity index (χ0v) is 14.5. The number of benzene rings is 1. The van der Waals surface area contributed by atoms with Gasteiger partial charge in [-0.25, -0.2) is 0 Å². The number of carbonyl (C=O) groups is 1. The van der Waals surface area contributed by atoms with Crippen LogP contribution < -0.4 is 9.47 Å². The summed E-state index contributed by atoms with van der Waals surface area (Å²) in [6.45, 7) is 5.28. The second kappa shape index (κ2) is 8.77. The molecule has 0 spiro atoms. The number of ether oxygens (including phenoxy) is 2. The van der Waals surface area contributed by atoms with E-state index >= 15 is 0 Å². The molecule has 0 bridgehead atoms. The van der Waals surface area contributed by atoms with Gasteiger partial charge >= 0.3 is 0 Å². The fourth-order valence-corrected chi connectivity index (χ4v) is 2.78. The highest BCUT2D eigenvalue weighted by Crippen LogP contribution is 2.19. The first-order valence-corrected chi connectivity index (χ1v) is 8.37. The number of hydrogen-bond donors (Lipinski definition) is 0. The molecule has 1 atom stereocenters. The molecule has 1 aromatic rings. The van der Waals surface area contributed by atoms with Crippen LogP contribution in [0.1, 0.15) is 26.2 Å². The standard InChI is InChI=1S/C18H28N2O3/c1-15(18(21)20-11-4-5-12-20)19(2)10-7-13-23-17-9-6-8-16(14-17)22-3/h6,8-9,14-15H,4-5,7,10-13H2,1-3H3. The lowest BCUT2D eigenvalue weighted by molar-refractivity contribution is -0.134. The van der Waals surface area contributed by atoms with E-state index in [2.05, 4.69) is 4.90 Å².